The lowest BCUT2D eigenvalue weighted by atomic mass is 10.0. The zero-order valence-corrected chi connectivity index (χ0v) is 8.94. The van der Waals surface area contributed by atoms with Crippen LogP contribution in [0.3, 0.4) is 0 Å². The average molecular weight is 211 g/mol. The molecule has 0 saturated heterocycles. The third-order valence-electron chi connectivity index (χ3n) is 3.13. The summed E-state index contributed by atoms with van der Waals surface area (Å²) in [5.74, 6) is 0.437. The molecule has 2 aromatic rings. The van der Waals surface area contributed by atoms with Crippen molar-refractivity contribution in [1.82, 2.24) is 0 Å². The van der Waals surface area contributed by atoms with Gasteiger partial charge in [-0.25, -0.2) is 0 Å². The van der Waals surface area contributed by atoms with Crippen LogP contribution < -0.4 is 5.73 Å². The molecule has 2 aromatic carbocycles. The molecule has 0 radical (unpaired) electrons. The van der Waals surface area contributed by atoms with E-state index >= 15 is 0 Å². The Morgan fingerprint density at radius 3 is 2.38 bits per heavy atom. The minimum atomic E-state index is 0.211. The maximum atomic E-state index is 12.0. The van der Waals surface area contributed by atoms with Gasteiger partial charge in [-0.05, 0) is 35.7 Å². The average Bonchev–Trinajstić information content (AvgIpc) is 3.11. The molecule has 0 heterocycles. The number of hydrogen-bond donors (Lipinski definition) is 1. The zero-order valence-electron chi connectivity index (χ0n) is 8.94. The molecule has 1 aliphatic carbocycles. The third kappa shape index (κ3) is 1.47. The van der Waals surface area contributed by atoms with Crippen LogP contribution in [0.5, 0.6) is 0 Å². The molecule has 0 bridgehead atoms. The van der Waals surface area contributed by atoms with Crippen LogP contribution in [0.15, 0.2) is 36.4 Å². The van der Waals surface area contributed by atoms with E-state index in [-0.39, 0.29) is 11.7 Å². The molecule has 0 spiro atoms. The number of nitrogen functional groups attached to an aromatic ring is 1. The number of rotatable bonds is 2. The molecule has 2 heteroatoms. The van der Waals surface area contributed by atoms with E-state index in [4.69, 9.17) is 5.73 Å². The SMILES string of the molecule is Nc1cc2ccccc2cc1C(=O)C1CC1. The van der Waals surface area contributed by atoms with Gasteiger partial charge in [-0.1, -0.05) is 24.3 Å². The Labute approximate surface area is 94.1 Å². The fraction of sp³-hybridized carbons (Fsp3) is 0.214. The first-order valence-corrected chi connectivity index (χ1v) is 5.58. The van der Waals surface area contributed by atoms with Gasteiger partial charge in [0, 0.05) is 17.2 Å². The van der Waals surface area contributed by atoms with Crippen molar-refractivity contribution in [2.24, 2.45) is 5.92 Å². The molecular formula is C14H13NO. The van der Waals surface area contributed by atoms with Crippen molar-refractivity contribution in [2.45, 2.75) is 12.8 Å². The van der Waals surface area contributed by atoms with Gasteiger partial charge in [-0.2, -0.15) is 0 Å². The van der Waals surface area contributed by atoms with E-state index in [2.05, 4.69) is 0 Å². The number of benzene rings is 2. The van der Waals surface area contributed by atoms with Crippen molar-refractivity contribution >= 4 is 22.2 Å². The predicted molar refractivity (Wildman–Crippen MR) is 65.4 cm³/mol. The van der Waals surface area contributed by atoms with Crippen LogP contribution in [-0.4, -0.2) is 5.78 Å². The van der Waals surface area contributed by atoms with Crippen LogP contribution in [-0.2, 0) is 0 Å². The van der Waals surface area contributed by atoms with Crippen molar-refractivity contribution in [3.05, 3.63) is 42.0 Å². The van der Waals surface area contributed by atoms with E-state index < -0.39 is 0 Å². The van der Waals surface area contributed by atoms with Crippen LogP contribution in [0, 0.1) is 5.92 Å². The zero-order chi connectivity index (χ0) is 11.1. The largest absolute Gasteiger partial charge is 0.398 e. The Kier molecular flexibility index (Phi) is 1.96. The fourth-order valence-corrected chi connectivity index (χ4v) is 2.04. The second-order valence-electron chi connectivity index (χ2n) is 4.43. The molecule has 1 fully saturated rings. The van der Waals surface area contributed by atoms with Crippen LogP contribution in [0.25, 0.3) is 10.8 Å². The van der Waals surface area contributed by atoms with Crippen LogP contribution in [0.4, 0.5) is 5.69 Å². The quantitative estimate of drug-likeness (QED) is 0.613. The molecule has 80 valence electrons. The second-order valence-corrected chi connectivity index (χ2v) is 4.43. The Morgan fingerprint density at radius 1 is 1.12 bits per heavy atom. The summed E-state index contributed by atoms with van der Waals surface area (Å²) < 4.78 is 0. The van der Waals surface area contributed by atoms with Gasteiger partial charge in [-0.15, -0.1) is 0 Å². The minimum absolute atomic E-state index is 0.211. The topological polar surface area (TPSA) is 43.1 Å². The number of carbonyl (C=O) groups excluding carboxylic acids is 1. The number of anilines is 1. The highest BCUT2D eigenvalue weighted by atomic mass is 16.1. The highest BCUT2D eigenvalue weighted by molar-refractivity contribution is 6.07. The number of fused-ring (bicyclic) bond motifs is 1. The molecule has 0 unspecified atom stereocenters. The Balaban J connectivity index is 2.17. The van der Waals surface area contributed by atoms with Gasteiger partial charge in [0.2, 0.25) is 0 Å². The number of Topliss-reactive ketones (excluding diaryl/α,β-unsaturated/α-hetero) is 1. The summed E-state index contributed by atoms with van der Waals surface area (Å²) in [7, 11) is 0. The standard InChI is InChI=1S/C14H13NO/c15-13-8-11-4-2-1-3-10(11)7-12(13)14(16)9-5-6-9/h1-4,7-9H,5-6,15H2. The van der Waals surface area contributed by atoms with Crippen molar-refractivity contribution in [3.8, 4) is 0 Å². The highest BCUT2D eigenvalue weighted by Crippen LogP contribution is 2.35. The molecular weight excluding hydrogens is 198 g/mol. The van der Waals surface area contributed by atoms with Gasteiger partial charge >= 0.3 is 0 Å². The molecule has 2 nitrogen and oxygen atoms in total. The summed E-state index contributed by atoms with van der Waals surface area (Å²) in [6.07, 6.45) is 2.04. The second kappa shape index (κ2) is 3.34. The first-order chi connectivity index (χ1) is 7.75. The third-order valence-corrected chi connectivity index (χ3v) is 3.13. The predicted octanol–water partition coefficient (Wildman–Crippen LogP) is 3.01. The molecule has 0 aromatic heterocycles. The molecule has 2 N–H and O–H groups in total. The van der Waals surface area contributed by atoms with Crippen molar-refractivity contribution < 1.29 is 4.79 Å². The smallest absolute Gasteiger partial charge is 0.168 e. The lowest BCUT2D eigenvalue weighted by molar-refractivity contribution is 0.0968. The molecule has 3 rings (SSSR count). The Morgan fingerprint density at radius 2 is 1.75 bits per heavy atom. The van der Waals surface area contributed by atoms with E-state index in [1.165, 1.54) is 0 Å². The highest BCUT2D eigenvalue weighted by Gasteiger charge is 2.31. The molecule has 0 atom stereocenters. The van der Waals surface area contributed by atoms with Crippen LogP contribution >= 0.6 is 0 Å². The first kappa shape index (κ1) is 9.40. The van der Waals surface area contributed by atoms with Gasteiger partial charge in [0.15, 0.2) is 5.78 Å². The van der Waals surface area contributed by atoms with Crippen LogP contribution in [0.2, 0.25) is 0 Å². The van der Waals surface area contributed by atoms with Gasteiger partial charge in [-0.3, -0.25) is 4.79 Å². The van der Waals surface area contributed by atoms with Gasteiger partial charge in [0.25, 0.3) is 0 Å². The molecule has 16 heavy (non-hydrogen) atoms. The summed E-state index contributed by atoms with van der Waals surface area (Å²) in [6.45, 7) is 0. The van der Waals surface area contributed by atoms with E-state index in [1.807, 2.05) is 36.4 Å². The summed E-state index contributed by atoms with van der Waals surface area (Å²) in [5, 5.41) is 2.17. The van der Waals surface area contributed by atoms with Crippen molar-refractivity contribution in [1.29, 1.82) is 0 Å². The van der Waals surface area contributed by atoms with Gasteiger partial charge < -0.3 is 5.73 Å². The normalized spacial score (nSPS) is 15.2. The molecule has 0 amide bonds. The molecule has 0 aliphatic heterocycles. The fourth-order valence-electron chi connectivity index (χ4n) is 2.04. The summed E-state index contributed by atoms with van der Waals surface area (Å²) in [4.78, 5) is 12.0. The van der Waals surface area contributed by atoms with Crippen LogP contribution in [0.1, 0.15) is 23.2 Å². The number of ketones is 1. The summed E-state index contributed by atoms with van der Waals surface area (Å²) in [5.41, 5.74) is 7.23. The van der Waals surface area contributed by atoms with E-state index in [0.717, 1.165) is 23.6 Å². The maximum Gasteiger partial charge on any atom is 0.168 e. The maximum absolute atomic E-state index is 12.0. The Bertz CT molecular complexity index is 570. The van der Waals surface area contributed by atoms with Gasteiger partial charge in [0.1, 0.15) is 0 Å². The lowest BCUT2D eigenvalue weighted by Gasteiger charge is -2.06. The summed E-state index contributed by atoms with van der Waals surface area (Å²) >= 11 is 0. The van der Waals surface area contributed by atoms with E-state index in [9.17, 15) is 4.79 Å². The molecule has 1 saturated carbocycles. The molecule has 1 aliphatic rings. The minimum Gasteiger partial charge on any atom is -0.398 e. The number of hydrogen-bond acceptors (Lipinski definition) is 2. The van der Waals surface area contributed by atoms with Gasteiger partial charge in [0.05, 0.1) is 0 Å². The monoisotopic (exact) mass is 211 g/mol. The Hall–Kier alpha value is -1.83. The number of carbonyl (C=O) groups is 1. The number of nitrogens with two attached hydrogens (primary N) is 1. The summed E-state index contributed by atoms with van der Waals surface area (Å²) in [6, 6.07) is 11.8. The van der Waals surface area contributed by atoms with E-state index in [0.29, 0.717) is 11.3 Å². The van der Waals surface area contributed by atoms with Crippen molar-refractivity contribution in [3.63, 3.8) is 0 Å². The first-order valence-electron chi connectivity index (χ1n) is 5.58. The lowest BCUT2D eigenvalue weighted by Crippen LogP contribution is -2.05. The van der Waals surface area contributed by atoms with E-state index in [1.54, 1.807) is 0 Å². The van der Waals surface area contributed by atoms with Crippen molar-refractivity contribution in [2.75, 3.05) is 5.73 Å².